The zero-order chi connectivity index (χ0) is 7.23. The molecular weight excluding hydrogens is 124 g/mol. The van der Waals surface area contributed by atoms with E-state index >= 15 is 0 Å². The summed E-state index contributed by atoms with van der Waals surface area (Å²) >= 11 is 0. The molecule has 0 radical (unpaired) electrons. The number of rotatable bonds is 1. The molecule has 1 aliphatic carbocycles. The van der Waals surface area contributed by atoms with Crippen molar-refractivity contribution in [1.82, 2.24) is 0 Å². The second-order valence-corrected chi connectivity index (χ2v) is 2.40. The Bertz CT molecular complexity index is 181. The SMILES string of the molecule is OCCC#CC1=CCCC1. The zero-order valence-electron chi connectivity index (χ0n) is 6.06. The van der Waals surface area contributed by atoms with Crippen LogP contribution < -0.4 is 0 Å². The topological polar surface area (TPSA) is 20.2 Å². The summed E-state index contributed by atoms with van der Waals surface area (Å²) in [5, 5.41) is 8.42. The maximum absolute atomic E-state index is 8.42. The van der Waals surface area contributed by atoms with Gasteiger partial charge in [-0.1, -0.05) is 17.9 Å². The van der Waals surface area contributed by atoms with Crippen LogP contribution in [0.5, 0.6) is 0 Å². The first-order chi connectivity index (χ1) is 4.93. The molecule has 0 aromatic heterocycles. The minimum atomic E-state index is 0.181. The van der Waals surface area contributed by atoms with Gasteiger partial charge >= 0.3 is 0 Å². The summed E-state index contributed by atoms with van der Waals surface area (Å²) in [4.78, 5) is 0. The number of hydrogen-bond donors (Lipinski definition) is 1. The molecule has 10 heavy (non-hydrogen) atoms. The smallest absolute Gasteiger partial charge is 0.0540 e. The minimum Gasteiger partial charge on any atom is -0.395 e. The van der Waals surface area contributed by atoms with Crippen molar-refractivity contribution in [3.05, 3.63) is 11.6 Å². The highest BCUT2D eigenvalue weighted by molar-refractivity contribution is 5.30. The second-order valence-electron chi connectivity index (χ2n) is 2.40. The molecule has 0 aromatic rings. The first kappa shape index (κ1) is 7.37. The normalized spacial score (nSPS) is 15.9. The van der Waals surface area contributed by atoms with Crippen molar-refractivity contribution in [2.24, 2.45) is 0 Å². The second kappa shape index (κ2) is 4.14. The van der Waals surface area contributed by atoms with Crippen LogP contribution in [0.1, 0.15) is 25.7 Å². The fourth-order valence-electron chi connectivity index (χ4n) is 1.02. The summed E-state index contributed by atoms with van der Waals surface area (Å²) in [5.41, 5.74) is 1.26. The van der Waals surface area contributed by atoms with Crippen LogP contribution >= 0.6 is 0 Å². The van der Waals surface area contributed by atoms with Crippen molar-refractivity contribution in [2.75, 3.05) is 6.61 Å². The van der Waals surface area contributed by atoms with E-state index in [-0.39, 0.29) is 6.61 Å². The Morgan fingerprint density at radius 1 is 1.60 bits per heavy atom. The Kier molecular flexibility index (Phi) is 3.05. The van der Waals surface area contributed by atoms with Gasteiger partial charge in [0.25, 0.3) is 0 Å². The summed E-state index contributed by atoms with van der Waals surface area (Å²) in [5.74, 6) is 5.94. The fourth-order valence-corrected chi connectivity index (χ4v) is 1.02. The predicted octanol–water partition coefficient (Wildman–Crippen LogP) is 1.48. The van der Waals surface area contributed by atoms with Gasteiger partial charge in [0.05, 0.1) is 6.61 Å². The summed E-state index contributed by atoms with van der Waals surface area (Å²) in [7, 11) is 0. The van der Waals surface area contributed by atoms with Gasteiger partial charge in [-0.3, -0.25) is 0 Å². The van der Waals surface area contributed by atoms with E-state index in [1.54, 1.807) is 0 Å². The van der Waals surface area contributed by atoms with Crippen LogP contribution in [-0.2, 0) is 0 Å². The molecule has 0 heterocycles. The van der Waals surface area contributed by atoms with Gasteiger partial charge in [0.1, 0.15) is 0 Å². The number of aliphatic hydroxyl groups is 1. The summed E-state index contributed by atoms with van der Waals surface area (Å²) in [6, 6.07) is 0. The minimum absolute atomic E-state index is 0.181. The van der Waals surface area contributed by atoms with Gasteiger partial charge in [0, 0.05) is 6.42 Å². The molecule has 0 atom stereocenters. The molecule has 0 aromatic carbocycles. The number of allylic oxidation sites excluding steroid dienone is 2. The quantitative estimate of drug-likeness (QED) is 0.541. The first-order valence-electron chi connectivity index (χ1n) is 3.72. The van der Waals surface area contributed by atoms with Crippen molar-refractivity contribution < 1.29 is 5.11 Å². The van der Waals surface area contributed by atoms with E-state index < -0.39 is 0 Å². The monoisotopic (exact) mass is 136 g/mol. The van der Waals surface area contributed by atoms with Crippen molar-refractivity contribution in [3.63, 3.8) is 0 Å². The van der Waals surface area contributed by atoms with Crippen LogP contribution in [0.4, 0.5) is 0 Å². The molecule has 0 aliphatic heterocycles. The Balaban J connectivity index is 2.31. The third-order valence-corrected chi connectivity index (χ3v) is 1.53. The average Bonchev–Trinajstić information content (AvgIpc) is 2.41. The number of hydrogen-bond acceptors (Lipinski definition) is 1. The maximum Gasteiger partial charge on any atom is 0.0540 e. The van der Waals surface area contributed by atoms with Crippen molar-refractivity contribution >= 4 is 0 Å². The highest BCUT2D eigenvalue weighted by atomic mass is 16.2. The summed E-state index contributed by atoms with van der Waals surface area (Å²) < 4.78 is 0. The lowest BCUT2D eigenvalue weighted by molar-refractivity contribution is 0.305. The standard InChI is InChI=1S/C9H12O/c10-8-4-3-7-9-5-1-2-6-9/h5,10H,1-2,4,6,8H2. The van der Waals surface area contributed by atoms with Crippen LogP contribution in [-0.4, -0.2) is 11.7 Å². The Labute approximate surface area is 61.8 Å². The van der Waals surface area contributed by atoms with E-state index in [1.165, 1.54) is 18.4 Å². The summed E-state index contributed by atoms with van der Waals surface area (Å²) in [6.45, 7) is 0.181. The molecule has 0 fully saturated rings. The van der Waals surface area contributed by atoms with Crippen LogP contribution in [0.25, 0.3) is 0 Å². The van der Waals surface area contributed by atoms with Gasteiger partial charge in [-0.2, -0.15) is 0 Å². The fraction of sp³-hybridized carbons (Fsp3) is 0.556. The van der Waals surface area contributed by atoms with Crippen LogP contribution in [0, 0.1) is 11.8 Å². The third kappa shape index (κ3) is 2.24. The van der Waals surface area contributed by atoms with E-state index in [2.05, 4.69) is 17.9 Å². The van der Waals surface area contributed by atoms with Gasteiger partial charge in [-0.25, -0.2) is 0 Å². The van der Waals surface area contributed by atoms with Crippen LogP contribution in [0.15, 0.2) is 11.6 Å². The average molecular weight is 136 g/mol. The molecule has 54 valence electrons. The first-order valence-corrected chi connectivity index (χ1v) is 3.72. The van der Waals surface area contributed by atoms with Gasteiger partial charge in [-0.15, -0.1) is 0 Å². The van der Waals surface area contributed by atoms with E-state index in [9.17, 15) is 0 Å². The predicted molar refractivity (Wildman–Crippen MR) is 41.4 cm³/mol. The number of aliphatic hydroxyl groups excluding tert-OH is 1. The molecule has 0 bridgehead atoms. The zero-order valence-corrected chi connectivity index (χ0v) is 6.06. The maximum atomic E-state index is 8.42. The molecule has 0 amide bonds. The van der Waals surface area contributed by atoms with Gasteiger partial charge in [-0.05, 0) is 24.8 Å². The molecule has 0 unspecified atom stereocenters. The molecule has 0 saturated heterocycles. The van der Waals surface area contributed by atoms with E-state index in [0.717, 1.165) is 6.42 Å². The molecule has 0 saturated carbocycles. The molecule has 0 spiro atoms. The van der Waals surface area contributed by atoms with Gasteiger partial charge < -0.3 is 5.11 Å². The largest absolute Gasteiger partial charge is 0.395 e. The molecule has 1 N–H and O–H groups in total. The summed E-state index contributed by atoms with van der Waals surface area (Å²) in [6.07, 6.45) is 6.37. The molecule has 1 nitrogen and oxygen atoms in total. The Morgan fingerprint density at radius 3 is 3.10 bits per heavy atom. The lowest BCUT2D eigenvalue weighted by Crippen LogP contribution is -1.76. The lowest BCUT2D eigenvalue weighted by atomic mass is 10.2. The lowest BCUT2D eigenvalue weighted by Gasteiger charge is -1.83. The highest BCUT2D eigenvalue weighted by Crippen LogP contribution is 2.15. The van der Waals surface area contributed by atoms with E-state index in [1.807, 2.05) is 0 Å². The van der Waals surface area contributed by atoms with Gasteiger partial charge in [0.15, 0.2) is 0 Å². The van der Waals surface area contributed by atoms with Crippen molar-refractivity contribution in [2.45, 2.75) is 25.7 Å². The van der Waals surface area contributed by atoms with Crippen molar-refractivity contribution in [3.8, 4) is 11.8 Å². The highest BCUT2D eigenvalue weighted by Gasteiger charge is 1.98. The molecular formula is C9H12O. The van der Waals surface area contributed by atoms with Crippen LogP contribution in [0.3, 0.4) is 0 Å². The van der Waals surface area contributed by atoms with Gasteiger partial charge in [0.2, 0.25) is 0 Å². The van der Waals surface area contributed by atoms with E-state index in [0.29, 0.717) is 6.42 Å². The van der Waals surface area contributed by atoms with E-state index in [4.69, 9.17) is 5.11 Å². The molecule has 1 aliphatic rings. The molecule has 1 heteroatoms. The Hall–Kier alpha value is -0.740. The van der Waals surface area contributed by atoms with Crippen LogP contribution in [0.2, 0.25) is 0 Å². The molecule has 1 rings (SSSR count). The van der Waals surface area contributed by atoms with Crippen molar-refractivity contribution in [1.29, 1.82) is 0 Å². The Morgan fingerprint density at radius 2 is 2.50 bits per heavy atom. The third-order valence-electron chi connectivity index (χ3n) is 1.53.